The second-order valence-corrected chi connectivity index (χ2v) is 9.83. The number of ether oxygens (including phenoxy) is 2. The van der Waals surface area contributed by atoms with E-state index in [9.17, 15) is 5.11 Å². The number of rotatable bonds is 4. The predicted octanol–water partition coefficient (Wildman–Crippen LogP) is 4.13. The lowest BCUT2D eigenvalue weighted by molar-refractivity contribution is -0.132. The number of piperidine rings is 1. The summed E-state index contributed by atoms with van der Waals surface area (Å²) < 4.78 is 12.6. The highest BCUT2D eigenvalue weighted by Crippen LogP contribution is 2.62. The Balaban J connectivity index is 1.63. The third-order valence-electron chi connectivity index (χ3n) is 8.40. The van der Waals surface area contributed by atoms with Crippen LogP contribution in [0.25, 0.3) is 0 Å². The first kappa shape index (κ1) is 18.7. The number of aryl methyl sites for hydroxylation is 1. The number of fused-ring (bicyclic) bond motifs is 1. The lowest BCUT2D eigenvalue weighted by atomic mass is 9.53. The van der Waals surface area contributed by atoms with E-state index in [0.717, 1.165) is 31.1 Å². The van der Waals surface area contributed by atoms with Crippen LogP contribution in [-0.4, -0.2) is 48.5 Å². The first-order valence-electron chi connectivity index (χ1n) is 11.3. The number of methoxy groups -OCH3 is 1. The van der Waals surface area contributed by atoms with Crippen LogP contribution >= 0.6 is 0 Å². The maximum absolute atomic E-state index is 10.7. The van der Waals surface area contributed by atoms with Gasteiger partial charge >= 0.3 is 0 Å². The maximum atomic E-state index is 10.7. The number of benzene rings is 1. The van der Waals surface area contributed by atoms with Gasteiger partial charge in [0.1, 0.15) is 6.10 Å². The number of aromatic hydroxyl groups is 1. The molecule has 2 aliphatic heterocycles. The van der Waals surface area contributed by atoms with Crippen molar-refractivity contribution >= 4 is 0 Å². The molecule has 1 saturated heterocycles. The molecule has 1 spiro atoms. The van der Waals surface area contributed by atoms with Crippen LogP contribution in [0.1, 0.15) is 57.6 Å². The highest BCUT2D eigenvalue weighted by Gasteiger charge is 2.64. The molecular weight excluding hydrogens is 350 g/mol. The second kappa shape index (κ2) is 6.63. The number of hydrogen-bond donors (Lipinski definition) is 1. The standard InChI is InChI=1S/C24H35NO3/c1-5-17-8-9-19(26)22-20(17)24-10-11-25(13-16-6-7-16)15(3)18(24)12-14(2)21(27-4)23(24)28-22/h8-9,14-16,18,21,23,26H,5-7,10-13H2,1-4H3/t14?,15?,18?,21?,23-,24?/m0/s1. The molecule has 1 aromatic carbocycles. The van der Waals surface area contributed by atoms with Gasteiger partial charge in [-0.15, -0.1) is 0 Å². The van der Waals surface area contributed by atoms with E-state index in [1.54, 1.807) is 0 Å². The van der Waals surface area contributed by atoms with Crippen LogP contribution in [0.5, 0.6) is 11.5 Å². The largest absolute Gasteiger partial charge is 0.504 e. The van der Waals surface area contributed by atoms with Gasteiger partial charge in [0.05, 0.1) is 6.10 Å². The van der Waals surface area contributed by atoms with E-state index in [1.807, 2.05) is 13.2 Å². The Kier molecular flexibility index (Phi) is 4.44. The van der Waals surface area contributed by atoms with Crippen LogP contribution in [-0.2, 0) is 16.6 Å². The van der Waals surface area contributed by atoms with Crippen molar-refractivity contribution in [1.29, 1.82) is 0 Å². The van der Waals surface area contributed by atoms with Crippen molar-refractivity contribution in [1.82, 2.24) is 4.90 Å². The van der Waals surface area contributed by atoms with Crippen molar-refractivity contribution in [3.63, 3.8) is 0 Å². The Morgan fingerprint density at radius 1 is 1.29 bits per heavy atom. The second-order valence-electron chi connectivity index (χ2n) is 9.83. The Morgan fingerprint density at radius 2 is 2.07 bits per heavy atom. The minimum atomic E-state index is -0.0356. The first-order chi connectivity index (χ1) is 13.5. The highest BCUT2D eigenvalue weighted by atomic mass is 16.5. The van der Waals surface area contributed by atoms with E-state index in [4.69, 9.17) is 9.47 Å². The van der Waals surface area contributed by atoms with Gasteiger partial charge in [0, 0.05) is 30.7 Å². The monoisotopic (exact) mass is 385 g/mol. The summed E-state index contributed by atoms with van der Waals surface area (Å²) in [5.74, 6) is 2.96. The smallest absolute Gasteiger partial charge is 0.165 e. The van der Waals surface area contributed by atoms with Gasteiger partial charge in [-0.3, -0.25) is 0 Å². The number of nitrogens with zero attached hydrogens (tertiary/aromatic N) is 1. The number of phenolic OH excluding ortho intramolecular Hbond substituents is 1. The summed E-state index contributed by atoms with van der Waals surface area (Å²) in [5.41, 5.74) is 2.61. The zero-order valence-electron chi connectivity index (χ0n) is 17.8. The van der Waals surface area contributed by atoms with Gasteiger partial charge in [0.2, 0.25) is 0 Å². The average molecular weight is 386 g/mol. The quantitative estimate of drug-likeness (QED) is 0.846. The Hall–Kier alpha value is -1.26. The number of likely N-dealkylation sites (tertiary alicyclic amines) is 1. The summed E-state index contributed by atoms with van der Waals surface area (Å²) in [6.07, 6.45) is 6.14. The highest BCUT2D eigenvalue weighted by molar-refractivity contribution is 5.59. The molecular formula is C24H35NO3. The fourth-order valence-corrected chi connectivity index (χ4v) is 6.82. The van der Waals surface area contributed by atoms with Crippen LogP contribution in [0.15, 0.2) is 12.1 Å². The maximum Gasteiger partial charge on any atom is 0.165 e. The molecule has 0 amide bonds. The third kappa shape index (κ3) is 2.50. The van der Waals surface area contributed by atoms with Crippen LogP contribution in [0.2, 0.25) is 0 Å². The molecule has 2 heterocycles. The van der Waals surface area contributed by atoms with Crippen molar-refractivity contribution in [3.8, 4) is 11.5 Å². The first-order valence-corrected chi connectivity index (χ1v) is 11.3. The molecule has 2 aliphatic carbocycles. The molecule has 4 heteroatoms. The van der Waals surface area contributed by atoms with E-state index in [2.05, 4.69) is 31.7 Å². The van der Waals surface area contributed by atoms with Crippen molar-refractivity contribution in [2.45, 2.75) is 76.5 Å². The van der Waals surface area contributed by atoms with Gasteiger partial charge in [0.25, 0.3) is 0 Å². The molecule has 154 valence electrons. The predicted molar refractivity (Wildman–Crippen MR) is 110 cm³/mol. The molecule has 5 rings (SSSR count). The average Bonchev–Trinajstić information content (AvgIpc) is 3.44. The molecule has 4 aliphatic rings. The molecule has 2 saturated carbocycles. The van der Waals surface area contributed by atoms with Crippen molar-refractivity contribution in [2.24, 2.45) is 17.8 Å². The molecule has 1 aromatic rings. The normalized spacial score (nSPS) is 39.8. The zero-order valence-corrected chi connectivity index (χ0v) is 17.8. The topological polar surface area (TPSA) is 41.9 Å². The van der Waals surface area contributed by atoms with E-state index in [-0.39, 0.29) is 17.6 Å². The van der Waals surface area contributed by atoms with Gasteiger partial charge in [-0.1, -0.05) is 19.9 Å². The summed E-state index contributed by atoms with van der Waals surface area (Å²) in [7, 11) is 1.83. The molecule has 0 bridgehead atoms. The fourth-order valence-electron chi connectivity index (χ4n) is 6.82. The Labute approximate surface area is 169 Å². The van der Waals surface area contributed by atoms with Gasteiger partial charge in [-0.25, -0.2) is 0 Å². The lowest BCUT2D eigenvalue weighted by Gasteiger charge is -2.58. The Bertz CT molecular complexity index is 760. The van der Waals surface area contributed by atoms with E-state index >= 15 is 0 Å². The molecule has 4 nitrogen and oxygen atoms in total. The number of phenols is 1. The summed E-state index contributed by atoms with van der Waals surface area (Å²) in [6.45, 7) is 9.36. The van der Waals surface area contributed by atoms with Gasteiger partial charge < -0.3 is 19.5 Å². The van der Waals surface area contributed by atoms with E-state index < -0.39 is 0 Å². The van der Waals surface area contributed by atoms with Gasteiger partial charge in [0.15, 0.2) is 11.5 Å². The van der Waals surface area contributed by atoms with Crippen molar-refractivity contribution < 1.29 is 14.6 Å². The minimum absolute atomic E-state index is 0.00498. The summed E-state index contributed by atoms with van der Waals surface area (Å²) in [5, 5.41) is 10.7. The van der Waals surface area contributed by atoms with Crippen molar-refractivity contribution in [2.75, 3.05) is 20.2 Å². The molecule has 3 fully saturated rings. The fraction of sp³-hybridized carbons (Fsp3) is 0.750. The van der Waals surface area contributed by atoms with E-state index in [1.165, 1.54) is 36.9 Å². The van der Waals surface area contributed by atoms with Gasteiger partial charge in [-0.2, -0.15) is 0 Å². The molecule has 0 aromatic heterocycles. The Morgan fingerprint density at radius 3 is 2.75 bits per heavy atom. The van der Waals surface area contributed by atoms with Crippen LogP contribution in [0, 0.1) is 17.8 Å². The molecule has 28 heavy (non-hydrogen) atoms. The molecule has 5 unspecified atom stereocenters. The van der Waals surface area contributed by atoms with Crippen LogP contribution in [0.4, 0.5) is 0 Å². The molecule has 1 N–H and O–H groups in total. The lowest BCUT2D eigenvalue weighted by Crippen LogP contribution is -2.66. The van der Waals surface area contributed by atoms with E-state index in [0.29, 0.717) is 23.6 Å². The third-order valence-corrected chi connectivity index (χ3v) is 8.40. The minimum Gasteiger partial charge on any atom is -0.504 e. The summed E-state index contributed by atoms with van der Waals surface area (Å²) in [4.78, 5) is 2.75. The van der Waals surface area contributed by atoms with Crippen molar-refractivity contribution in [3.05, 3.63) is 23.3 Å². The summed E-state index contributed by atoms with van der Waals surface area (Å²) in [6, 6.07) is 4.48. The van der Waals surface area contributed by atoms with Crippen LogP contribution < -0.4 is 4.74 Å². The van der Waals surface area contributed by atoms with Gasteiger partial charge in [-0.05, 0) is 75.0 Å². The summed E-state index contributed by atoms with van der Waals surface area (Å²) >= 11 is 0. The molecule has 0 radical (unpaired) electrons. The SMILES string of the molecule is CCc1ccc(O)c2c1C13CCN(CC4CC4)C(C)C1CC(C)C(OC)[C@@H]3O2. The number of hydrogen-bond acceptors (Lipinski definition) is 4. The molecule has 6 atom stereocenters. The zero-order chi connectivity index (χ0) is 19.6. The van der Waals surface area contributed by atoms with Crippen LogP contribution in [0.3, 0.4) is 0 Å².